The molecule has 0 aliphatic heterocycles. The van der Waals surface area contributed by atoms with Gasteiger partial charge in [-0.2, -0.15) is 0 Å². The number of thiazole rings is 1. The number of ether oxygens (including phenoxy) is 1. The summed E-state index contributed by atoms with van der Waals surface area (Å²) in [4.78, 5) is 9.87. The Kier molecular flexibility index (Phi) is 5.20. The highest BCUT2D eigenvalue weighted by molar-refractivity contribution is 7.07. The quantitative estimate of drug-likeness (QED) is 0.479. The Morgan fingerprint density at radius 3 is 2.96 bits per heavy atom. The molecule has 0 radical (unpaired) electrons. The average Bonchev–Trinajstić information content (AvgIpc) is 3.44. The molecule has 1 aromatic carbocycles. The molecule has 4 aromatic rings. The van der Waals surface area contributed by atoms with Crippen molar-refractivity contribution in [2.45, 2.75) is 19.5 Å². The van der Waals surface area contributed by atoms with Crippen LogP contribution in [0.1, 0.15) is 6.42 Å². The Balaban J connectivity index is 1.67. The lowest BCUT2D eigenvalue weighted by molar-refractivity contribution is 0.415. The summed E-state index contributed by atoms with van der Waals surface area (Å²) >= 11 is 1.61. The van der Waals surface area contributed by atoms with Crippen LogP contribution in [0.4, 0.5) is 5.69 Å². The molecule has 0 saturated carbocycles. The van der Waals surface area contributed by atoms with Crippen molar-refractivity contribution in [1.82, 2.24) is 14.1 Å². The van der Waals surface area contributed by atoms with E-state index in [1.165, 1.54) is 0 Å². The summed E-state index contributed by atoms with van der Waals surface area (Å²) in [6.07, 6.45) is 8.28. The minimum absolute atomic E-state index is 0.797. The van der Waals surface area contributed by atoms with Gasteiger partial charge in [-0.05, 0) is 30.7 Å². The first-order valence-electron chi connectivity index (χ1n) is 8.70. The fraction of sp³-hybridized carbons (Fsp3) is 0.200. The van der Waals surface area contributed by atoms with Crippen LogP contribution in [0.15, 0.2) is 76.2 Å². The third-order valence-electron chi connectivity index (χ3n) is 4.21. The molecule has 0 atom stereocenters. The summed E-state index contributed by atoms with van der Waals surface area (Å²) in [6.45, 7) is 1.74. The Morgan fingerprint density at radius 1 is 1.22 bits per heavy atom. The lowest BCUT2D eigenvalue weighted by Crippen LogP contribution is -2.17. The van der Waals surface area contributed by atoms with Crippen molar-refractivity contribution >= 4 is 17.0 Å². The highest BCUT2D eigenvalue weighted by Crippen LogP contribution is 2.23. The van der Waals surface area contributed by atoms with Gasteiger partial charge in [0.2, 0.25) is 0 Å². The number of benzene rings is 1. The normalized spacial score (nSPS) is 11.8. The number of aryl methyl sites for hydroxylation is 1. The minimum Gasteiger partial charge on any atom is -0.497 e. The second-order valence-electron chi connectivity index (χ2n) is 6.00. The van der Waals surface area contributed by atoms with Gasteiger partial charge >= 0.3 is 0 Å². The maximum absolute atomic E-state index is 5.62. The summed E-state index contributed by atoms with van der Waals surface area (Å²) in [5.41, 5.74) is 1.91. The number of furan rings is 1. The van der Waals surface area contributed by atoms with Crippen molar-refractivity contribution in [3.8, 4) is 17.2 Å². The number of hydrogen-bond donors (Lipinski definition) is 0. The van der Waals surface area contributed by atoms with Gasteiger partial charge < -0.3 is 18.3 Å². The fourth-order valence-electron chi connectivity index (χ4n) is 2.88. The van der Waals surface area contributed by atoms with Crippen LogP contribution in [0.2, 0.25) is 0 Å². The zero-order valence-corrected chi connectivity index (χ0v) is 15.8. The second-order valence-corrected chi connectivity index (χ2v) is 6.84. The van der Waals surface area contributed by atoms with E-state index in [2.05, 4.69) is 19.5 Å². The molecule has 6 nitrogen and oxygen atoms in total. The standard InChI is InChI=1S/C20H20N4O2S/c1-25-17-6-2-5-16(13-17)22-20-24(10-4-9-23-11-8-21-15-23)18(14-27-20)19-7-3-12-26-19/h2-3,5-8,11-15H,4,9-10H2,1H3. The Bertz CT molecular complexity index is 1050. The average molecular weight is 380 g/mol. The van der Waals surface area contributed by atoms with Gasteiger partial charge in [0.25, 0.3) is 0 Å². The minimum atomic E-state index is 0.797. The topological polar surface area (TPSA) is 57.5 Å². The summed E-state index contributed by atoms with van der Waals surface area (Å²) in [6, 6.07) is 11.7. The smallest absolute Gasteiger partial charge is 0.190 e. The maximum Gasteiger partial charge on any atom is 0.190 e. The van der Waals surface area contributed by atoms with Crippen LogP contribution in [-0.4, -0.2) is 21.2 Å². The van der Waals surface area contributed by atoms with E-state index in [0.717, 1.165) is 47.2 Å². The SMILES string of the molecule is COc1cccc(N=c2scc(-c3ccco3)n2CCCn2ccnc2)c1. The van der Waals surface area contributed by atoms with Gasteiger partial charge in [-0.15, -0.1) is 11.3 Å². The van der Waals surface area contributed by atoms with Crippen LogP contribution in [0.5, 0.6) is 5.75 Å². The van der Waals surface area contributed by atoms with Crippen LogP contribution >= 0.6 is 11.3 Å². The van der Waals surface area contributed by atoms with Gasteiger partial charge in [-0.3, -0.25) is 0 Å². The summed E-state index contributed by atoms with van der Waals surface area (Å²) in [5.74, 6) is 1.65. The molecule has 4 rings (SSSR count). The molecule has 3 aromatic heterocycles. The van der Waals surface area contributed by atoms with E-state index in [-0.39, 0.29) is 0 Å². The Morgan fingerprint density at radius 2 is 2.19 bits per heavy atom. The van der Waals surface area contributed by atoms with Crippen molar-refractivity contribution in [3.05, 3.63) is 71.6 Å². The number of imidazole rings is 1. The maximum atomic E-state index is 5.62. The van der Waals surface area contributed by atoms with Crippen molar-refractivity contribution in [3.63, 3.8) is 0 Å². The van der Waals surface area contributed by atoms with Crippen LogP contribution in [0, 0.1) is 0 Å². The zero-order chi connectivity index (χ0) is 18.5. The van der Waals surface area contributed by atoms with Crippen molar-refractivity contribution in [1.29, 1.82) is 0 Å². The van der Waals surface area contributed by atoms with E-state index in [1.54, 1.807) is 30.9 Å². The molecular formula is C20H20N4O2S. The molecule has 0 N–H and O–H groups in total. The largest absolute Gasteiger partial charge is 0.497 e. The molecule has 0 fully saturated rings. The van der Waals surface area contributed by atoms with E-state index in [9.17, 15) is 0 Å². The van der Waals surface area contributed by atoms with Crippen LogP contribution in [0.25, 0.3) is 11.5 Å². The zero-order valence-electron chi connectivity index (χ0n) is 15.0. The lowest BCUT2D eigenvalue weighted by Gasteiger charge is -2.08. The lowest BCUT2D eigenvalue weighted by atomic mass is 10.3. The predicted molar refractivity (Wildman–Crippen MR) is 105 cm³/mol. The highest BCUT2D eigenvalue weighted by atomic mass is 32.1. The van der Waals surface area contributed by atoms with Gasteiger partial charge in [0, 0.05) is 36.9 Å². The third-order valence-corrected chi connectivity index (χ3v) is 5.07. The molecule has 0 unspecified atom stereocenters. The molecule has 3 heterocycles. The van der Waals surface area contributed by atoms with Crippen molar-refractivity contribution in [2.24, 2.45) is 4.99 Å². The molecule has 0 amide bonds. The molecule has 0 saturated heterocycles. The van der Waals surface area contributed by atoms with Crippen LogP contribution in [-0.2, 0) is 13.1 Å². The van der Waals surface area contributed by atoms with Gasteiger partial charge in [-0.25, -0.2) is 9.98 Å². The first kappa shape index (κ1) is 17.4. The van der Waals surface area contributed by atoms with E-state index in [0.29, 0.717) is 0 Å². The van der Waals surface area contributed by atoms with E-state index >= 15 is 0 Å². The van der Waals surface area contributed by atoms with Gasteiger partial charge in [0.15, 0.2) is 10.6 Å². The molecule has 0 aliphatic carbocycles. The first-order chi connectivity index (χ1) is 13.3. The molecule has 7 heteroatoms. The summed E-state index contributed by atoms with van der Waals surface area (Å²) < 4.78 is 15.2. The van der Waals surface area contributed by atoms with Gasteiger partial charge in [-0.1, -0.05) is 6.07 Å². The van der Waals surface area contributed by atoms with Gasteiger partial charge in [0.05, 0.1) is 31.1 Å². The third kappa shape index (κ3) is 4.03. The molecule has 138 valence electrons. The van der Waals surface area contributed by atoms with Crippen LogP contribution in [0.3, 0.4) is 0 Å². The van der Waals surface area contributed by atoms with Gasteiger partial charge in [0.1, 0.15) is 5.75 Å². The number of methoxy groups -OCH3 is 1. The number of hydrogen-bond acceptors (Lipinski definition) is 5. The van der Waals surface area contributed by atoms with Crippen molar-refractivity contribution < 1.29 is 9.15 Å². The second kappa shape index (κ2) is 8.09. The molecule has 0 spiro atoms. The highest BCUT2D eigenvalue weighted by Gasteiger charge is 2.10. The summed E-state index contributed by atoms with van der Waals surface area (Å²) in [5, 5.41) is 2.09. The molecule has 27 heavy (non-hydrogen) atoms. The van der Waals surface area contributed by atoms with E-state index in [4.69, 9.17) is 14.1 Å². The Labute approximate surface area is 161 Å². The molecular weight excluding hydrogens is 360 g/mol. The summed E-state index contributed by atoms with van der Waals surface area (Å²) in [7, 11) is 1.66. The van der Waals surface area contributed by atoms with E-state index < -0.39 is 0 Å². The molecule has 0 bridgehead atoms. The first-order valence-corrected chi connectivity index (χ1v) is 9.58. The number of rotatable bonds is 7. The molecule has 0 aliphatic rings. The van der Waals surface area contributed by atoms with Crippen molar-refractivity contribution in [2.75, 3.05) is 7.11 Å². The number of nitrogens with zero attached hydrogens (tertiary/aromatic N) is 4. The monoisotopic (exact) mass is 380 g/mol. The number of aromatic nitrogens is 3. The van der Waals surface area contributed by atoms with E-state index in [1.807, 2.05) is 48.9 Å². The fourth-order valence-corrected chi connectivity index (χ4v) is 3.81. The Hall–Kier alpha value is -3.06. The van der Waals surface area contributed by atoms with Crippen LogP contribution < -0.4 is 9.54 Å². The predicted octanol–water partition coefficient (Wildman–Crippen LogP) is 4.34.